The van der Waals surface area contributed by atoms with Crippen molar-refractivity contribution in [3.05, 3.63) is 0 Å². The van der Waals surface area contributed by atoms with Gasteiger partial charge in [-0.3, -0.25) is 9.59 Å². The van der Waals surface area contributed by atoms with E-state index < -0.39 is 0 Å². The van der Waals surface area contributed by atoms with Gasteiger partial charge in [0, 0.05) is 12.8 Å². The van der Waals surface area contributed by atoms with Gasteiger partial charge >= 0.3 is 5.97 Å². The summed E-state index contributed by atoms with van der Waals surface area (Å²) >= 11 is 2.71. The molecule has 2 aliphatic carbocycles. The molecule has 0 amide bonds. The van der Waals surface area contributed by atoms with Gasteiger partial charge in [0.25, 0.3) is 0 Å². The summed E-state index contributed by atoms with van der Waals surface area (Å²) in [5, 5.41) is 0. The topological polar surface area (TPSA) is 43.4 Å². The van der Waals surface area contributed by atoms with Crippen molar-refractivity contribution in [3.63, 3.8) is 0 Å². The van der Waals surface area contributed by atoms with Gasteiger partial charge in [-0.15, -0.1) is 0 Å². The van der Waals surface area contributed by atoms with Crippen LogP contribution in [0, 0.1) is 17.8 Å². The molecule has 2 fully saturated rings. The second-order valence-electron chi connectivity index (χ2n) is 3.97. The Morgan fingerprint density at radius 2 is 1.85 bits per heavy atom. The molecule has 2 saturated carbocycles. The largest absolute Gasteiger partial charge is 0.383 e. The third-order valence-corrected chi connectivity index (χ3v) is 3.57. The lowest BCUT2D eigenvalue weighted by atomic mass is 9.78. The van der Waals surface area contributed by atoms with Crippen LogP contribution in [-0.2, 0) is 13.4 Å². The molecule has 0 aromatic heterocycles. The highest BCUT2D eigenvalue weighted by Crippen LogP contribution is 2.46. The molecule has 0 heterocycles. The van der Waals surface area contributed by atoms with E-state index in [9.17, 15) is 9.59 Å². The Morgan fingerprint density at radius 1 is 1.31 bits per heavy atom. The lowest BCUT2D eigenvalue weighted by Crippen LogP contribution is -2.32. The van der Waals surface area contributed by atoms with Gasteiger partial charge in [-0.25, -0.2) is 0 Å². The van der Waals surface area contributed by atoms with Crippen molar-refractivity contribution in [1.82, 2.24) is 0 Å². The van der Waals surface area contributed by atoms with Crippen LogP contribution in [0.25, 0.3) is 0 Å². The fraction of sp³-hybridized carbons (Fsp3) is 0.778. The van der Waals surface area contributed by atoms with Crippen LogP contribution in [-0.4, -0.2) is 11.8 Å². The number of fused-ring (bicyclic) bond motifs is 2. The summed E-state index contributed by atoms with van der Waals surface area (Å²) in [6.45, 7) is 0. The number of carbonyl (C=O) groups excluding carboxylic acids is 2. The van der Waals surface area contributed by atoms with E-state index in [0.717, 1.165) is 12.8 Å². The molecule has 0 saturated heterocycles. The van der Waals surface area contributed by atoms with Gasteiger partial charge in [0.05, 0.1) is 5.92 Å². The maximum Gasteiger partial charge on any atom is 0.321 e. The first-order chi connectivity index (χ1) is 6.22. The second kappa shape index (κ2) is 3.40. The minimum atomic E-state index is -0.194. The molecule has 2 rings (SSSR count). The van der Waals surface area contributed by atoms with E-state index in [-0.39, 0.29) is 23.7 Å². The fourth-order valence-electron chi connectivity index (χ4n) is 2.73. The highest BCUT2D eigenvalue weighted by atomic mass is 79.9. The molecule has 2 aliphatic rings. The zero-order valence-electron chi connectivity index (χ0n) is 7.16. The van der Waals surface area contributed by atoms with Crippen LogP contribution in [0.3, 0.4) is 0 Å². The predicted molar refractivity (Wildman–Crippen MR) is 49.0 cm³/mol. The Bertz CT molecular complexity index is 235. The van der Waals surface area contributed by atoms with E-state index in [1.807, 2.05) is 0 Å². The molecule has 0 spiro atoms. The molecule has 0 aliphatic heterocycles. The van der Waals surface area contributed by atoms with E-state index in [1.165, 1.54) is 0 Å². The molecule has 0 aromatic rings. The van der Waals surface area contributed by atoms with Crippen molar-refractivity contribution in [2.45, 2.75) is 25.7 Å². The molecule has 4 heteroatoms. The Kier molecular flexibility index (Phi) is 2.41. The number of hydrogen-bond donors (Lipinski definition) is 0. The van der Waals surface area contributed by atoms with Crippen LogP contribution in [0.5, 0.6) is 0 Å². The van der Waals surface area contributed by atoms with Crippen molar-refractivity contribution in [3.8, 4) is 0 Å². The number of hydrogen-bond acceptors (Lipinski definition) is 3. The molecule has 0 aromatic carbocycles. The zero-order chi connectivity index (χ0) is 9.42. The Balaban J connectivity index is 2.14. The van der Waals surface area contributed by atoms with E-state index in [1.54, 1.807) is 0 Å². The van der Waals surface area contributed by atoms with Crippen LogP contribution in [0.4, 0.5) is 0 Å². The summed E-state index contributed by atoms with van der Waals surface area (Å²) in [6.07, 6.45) is 3.15. The highest BCUT2D eigenvalue weighted by Gasteiger charge is 2.46. The van der Waals surface area contributed by atoms with Crippen LogP contribution in [0.1, 0.15) is 25.7 Å². The van der Waals surface area contributed by atoms with Crippen molar-refractivity contribution >= 4 is 28.0 Å². The Hall–Kier alpha value is -0.380. The van der Waals surface area contributed by atoms with Gasteiger partial charge in [-0.2, -0.15) is 0 Å². The van der Waals surface area contributed by atoms with Crippen LogP contribution >= 0.6 is 16.3 Å². The smallest absolute Gasteiger partial charge is 0.321 e. The SMILES string of the molecule is O=C1CC2CCC(C1)C2C(=O)OBr. The number of ketones is 1. The average Bonchev–Trinajstić information content (AvgIpc) is 2.37. The summed E-state index contributed by atoms with van der Waals surface area (Å²) in [5.74, 6) is 0.579. The average molecular weight is 247 g/mol. The third kappa shape index (κ3) is 1.52. The first kappa shape index (κ1) is 9.19. The minimum absolute atomic E-state index is 0.0305. The summed E-state index contributed by atoms with van der Waals surface area (Å²) in [7, 11) is 0. The van der Waals surface area contributed by atoms with Crippen molar-refractivity contribution < 1.29 is 13.4 Å². The van der Waals surface area contributed by atoms with Crippen LogP contribution in [0.15, 0.2) is 0 Å². The lowest BCUT2D eigenvalue weighted by Gasteiger charge is -2.25. The maximum atomic E-state index is 11.4. The van der Waals surface area contributed by atoms with E-state index >= 15 is 0 Å². The monoisotopic (exact) mass is 246 g/mol. The van der Waals surface area contributed by atoms with Gasteiger partial charge < -0.3 is 3.83 Å². The summed E-state index contributed by atoms with van der Waals surface area (Å²) < 4.78 is 4.57. The number of carbonyl (C=O) groups is 2. The zero-order valence-corrected chi connectivity index (χ0v) is 8.75. The van der Waals surface area contributed by atoms with Gasteiger partial charge in [0.1, 0.15) is 5.78 Å². The van der Waals surface area contributed by atoms with Crippen molar-refractivity contribution in [1.29, 1.82) is 0 Å². The normalized spacial score (nSPS) is 37.6. The minimum Gasteiger partial charge on any atom is -0.383 e. The quantitative estimate of drug-likeness (QED) is 0.710. The number of Topliss-reactive ketones (excluding diaryl/α,β-unsaturated/α-hetero) is 1. The Morgan fingerprint density at radius 3 is 2.31 bits per heavy atom. The number of halogens is 1. The lowest BCUT2D eigenvalue weighted by molar-refractivity contribution is -0.142. The molecule has 0 N–H and O–H groups in total. The first-order valence-corrected chi connectivity index (χ1v) is 5.21. The van der Waals surface area contributed by atoms with Gasteiger partial charge in [-0.05, 0) is 24.7 Å². The predicted octanol–water partition coefficient (Wildman–Crippen LogP) is 1.84. The van der Waals surface area contributed by atoms with Crippen LogP contribution < -0.4 is 0 Å². The van der Waals surface area contributed by atoms with E-state index in [4.69, 9.17) is 0 Å². The van der Waals surface area contributed by atoms with Crippen molar-refractivity contribution in [2.75, 3.05) is 0 Å². The summed E-state index contributed by atoms with van der Waals surface area (Å²) in [5.41, 5.74) is 0. The summed E-state index contributed by atoms with van der Waals surface area (Å²) in [6, 6.07) is 0. The molecule has 2 atom stereocenters. The van der Waals surface area contributed by atoms with Gasteiger partial charge in [0.15, 0.2) is 16.3 Å². The fourth-order valence-corrected chi connectivity index (χ4v) is 2.95. The molecular weight excluding hydrogens is 236 g/mol. The third-order valence-electron chi connectivity index (χ3n) is 3.25. The first-order valence-electron chi connectivity index (χ1n) is 4.56. The molecular formula is C9H11BrO3. The molecule has 72 valence electrons. The van der Waals surface area contributed by atoms with Gasteiger partial charge in [-0.1, -0.05) is 0 Å². The standard InChI is InChI=1S/C9H11BrO3/c10-13-9(12)8-5-1-2-6(8)4-7(11)3-5/h5-6,8H,1-4H2. The molecule has 2 unspecified atom stereocenters. The summed E-state index contributed by atoms with van der Waals surface area (Å²) in [4.78, 5) is 22.6. The van der Waals surface area contributed by atoms with E-state index in [0.29, 0.717) is 18.6 Å². The van der Waals surface area contributed by atoms with Crippen LogP contribution in [0.2, 0.25) is 0 Å². The molecule has 13 heavy (non-hydrogen) atoms. The maximum absolute atomic E-state index is 11.4. The second-order valence-corrected chi connectivity index (χ2v) is 4.29. The Labute approximate surface area is 85.3 Å². The van der Waals surface area contributed by atoms with E-state index in [2.05, 4.69) is 20.1 Å². The number of rotatable bonds is 1. The van der Waals surface area contributed by atoms with Crippen molar-refractivity contribution in [2.24, 2.45) is 17.8 Å². The van der Waals surface area contributed by atoms with Gasteiger partial charge in [0.2, 0.25) is 0 Å². The molecule has 2 bridgehead atoms. The molecule has 0 radical (unpaired) electrons. The highest BCUT2D eigenvalue weighted by molar-refractivity contribution is 9.06. The molecule has 3 nitrogen and oxygen atoms in total.